The molecule has 0 aromatic carbocycles. The van der Waals surface area contributed by atoms with Crippen LogP contribution in [0.25, 0.3) is 0 Å². The van der Waals surface area contributed by atoms with E-state index >= 15 is 0 Å². The first kappa shape index (κ1) is 21.5. The van der Waals surface area contributed by atoms with E-state index < -0.39 is 0 Å². The number of amides is 1. The van der Waals surface area contributed by atoms with Crippen LogP contribution in [0.1, 0.15) is 74.2 Å². The first-order valence-electron chi connectivity index (χ1n) is 12.3. The van der Waals surface area contributed by atoms with Crippen LogP contribution in [0.3, 0.4) is 0 Å². The summed E-state index contributed by atoms with van der Waals surface area (Å²) in [7, 11) is 0. The fourth-order valence-electron chi connectivity index (χ4n) is 5.49. The molecule has 1 unspecified atom stereocenters. The van der Waals surface area contributed by atoms with Gasteiger partial charge in [-0.25, -0.2) is 4.98 Å². The van der Waals surface area contributed by atoms with Gasteiger partial charge in [-0.1, -0.05) is 30.6 Å². The second kappa shape index (κ2) is 9.28. The van der Waals surface area contributed by atoms with Crippen LogP contribution in [-0.4, -0.2) is 48.9 Å². The van der Waals surface area contributed by atoms with Crippen molar-refractivity contribution in [3.63, 3.8) is 0 Å². The fourth-order valence-corrected chi connectivity index (χ4v) is 5.94. The van der Waals surface area contributed by atoms with Gasteiger partial charge in [-0.05, 0) is 44.9 Å². The van der Waals surface area contributed by atoms with Gasteiger partial charge in [0.05, 0.1) is 5.69 Å². The van der Waals surface area contributed by atoms with Crippen LogP contribution in [0, 0.1) is 0 Å². The molecule has 2 fully saturated rings. The number of carbonyl (C=O) groups excluding carboxylic acids is 1. The van der Waals surface area contributed by atoms with Crippen molar-refractivity contribution in [3.05, 3.63) is 28.5 Å². The van der Waals surface area contributed by atoms with E-state index in [-0.39, 0.29) is 11.9 Å². The molecule has 1 saturated heterocycles. The molecule has 4 heterocycles. The minimum Gasteiger partial charge on any atom is -0.329 e. The van der Waals surface area contributed by atoms with E-state index in [1.807, 2.05) is 4.90 Å². The van der Waals surface area contributed by atoms with Gasteiger partial charge in [-0.15, -0.1) is 10.2 Å². The Kier molecular flexibility index (Phi) is 5.86. The van der Waals surface area contributed by atoms with Crippen molar-refractivity contribution in [3.8, 4) is 0 Å². The molecule has 1 atom stereocenters. The van der Waals surface area contributed by atoms with Gasteiger partial charge in [-0.2, -0.15) is 10.1 Å². The van der Waals surface area contributed by atoms with E-state index in [0.717, 1.165) is 56.0 Å². The zero-order valence-corrected chi connectivity index (χ0v) is 19.9. The van der Waals surface area contributed by atoms with Gasteiger partial charge in [0.1, 0.15) is 17.4 Å². The second-order valence-corrected chi connectivity index (χ2v) is 10.2. The minimum absolute atomic E-state index is 0.0858. The summed E-state index contributed by atoms with van der Waals surface area (Å²) in [5, 5.41) is 22.4. The van der Waals surface area contributed by atoms with Crippen LogP contribution < -0.4 is 15.5 Å². The molecule has 6 rings (SSSR count). The fraction of sp³-hybridized carbons (Fsp3) is 0.565. The Morgan fingerprint density at radius 2 is 2.00 bits per heavy atom. The number of H-pyrrole nitrogens is 1. The van der Waals surface area contributed by atoms with Crippen molar-refractivity contribution >= 4 is 40.0 Å². The molecule has 0 radical (unpaired) electrons. The van der Waals surface area contributed by atoms with Crippen LogP contribution in [0.2, 0.25) is 0 Å². The monoisotopic (exact) mass is 479 g/mol. The SMILES string of the molecule is O=C(Nc1nncs1)C1CCCN1c1nc2c(c(Nc3cc(C4CCCCC4)[nH]n3)n1)CCC2. The Bertz CT molecular complexity index is 1160. The quantitative estimate of drug-likeness (QED) is 0.486. The van der Waals surface area contributed by atoms with Crippen molar-refractivity contribution in [1.29, 1.82) is 0 Å². The molecule has 178 valence electrons. The van der Waals surface area contributed by atoms with E-state index in [2.05, 4.69) is 37.1 Å². The molecule has 1 amide bonds. The predicted molar refractivity (Wildman–Crippen MR) is 131 cm³/mol. The highest BCUT2D eigenvalue weighted by Gasteiger charge is 2.34. The molecular formula is C23H29N9OS. The first-order chi connectivity index (χ1) is 16.7. The van der Waals surface area contributed by atoms with Gasteiger partial charge in [0.2, 0.25) is 17.0 Å². The lowest BCUT2D eigenvalue weighted by Crippen LogP contribution is -2.40. The average Bonchev–Trinajstić information content (AvgIpc) is 3.67. The highest BCUT2D eigenvalue weighted by Crippen LogP contribution is 2.35. The summed E-state index contributed by atoms with van der Waals surface area (Å²) in [5.74, 6) is 2.71. The molecule has 1 saturated carbocycles. The van der Waals surface area contributed by atoms with Crippen molar-refractivity contribution in [2.45, 2.75) is 76.2 Å². The molecule has 34 heavy (non-hydrogen) atoms. The molecule has 3 aromatic heterocycles. The van der Waals surface area contributed by atoms with Gasteiger partial charge in [0, 0.05) is 29.8 Å². The summed E-state index contributed by atoms with van der Waals surface area (Å²) >= 11 is 1.32. The molecule has 0 spiro atoms. The summed E-state index contributed by atoms with van der Waals surface area (Å²) in [6.45, 7) is 0.751. The summed E-state index contributed by atoms with van der Waals surface area (Å²) in [4.78, 5) is 24.8. The predicted octanol–water partition coefficient (Wildman–Crippen LogP) is 3.94. The van der Waals surface area contributed by atoms with E-state index in [1.165, 1.54) is 54.7 Å². The molecule has 11 heteroatoms. The Morgan fingerprint density at radius 3 is 2.85 bits per heavy atom. The second-order valence-electron chi connectivity index (χ2n) is 9.40. The number of hydrogen-bond donors (Lipinski definition) is 3. The maximum atomic E-state index is 13.0. The molecule has 1 aliphatic heterocycles. The smallest absolute Gasteiger partial charge is 0.249 e. The number of aromatic nitrogens is 6. The normalized spacial score (nSPS) is 20.5. The third-order valence-electron chi connectivity index (χ3n) is 7.21. The van der Waals surface area contributed by atoms with E-state index in [4.69, 9.17) is 9.97 Å². The molecule has 3 aliphatic rings. The Balaban J connectivity index is 1.24. The van der Waals surface area contributed by atoms with Gasteiger partial charge < -0.3 is 10.2 Å². The number of aromatic amines is 1. The average molecular weight is 480 g/mol. The largest absolute Gasteiger partial charge is 0.329 e. The number of fused-ring (bicyclic) bond motifs is 1. The molecule has 10 nitrogen and oxygen atoms in total. The van der Waals surface area contributed by atoms with Gasteiger partial charge in [0.15, 0.2) is 5.82 Å². The summed E-state index contributed by atoms with van der Waals surface area (Å²) in [6, 6.07) is 1.81. The highest BCUT2D eigenvalue weighted by atomic mass is 32.1. The van der Waals surface area contributed by atoms with E-state index in [1.54, 1.807) is 5.51 Å². The standard InChI is InChI=1S/C23H29N9OS/c33-21(28-23-31-24-13-34-23)18-10-5-11-32(18)22-25-16-9-4-8-15(16)20(27-22)26-19-12-17(29-30-19)14-6-2-1-3-7-14/h12-14,18H,1-11H2,(H,28,31,33)(H2,25,26,27,29,30). The number of nitrogens with zero attached hydrogens (tertiary/aromatic N) is 6. The molecule has 0 bridgehead atoms. The van der Waals surface area contributed by atoms with Crippen LogP contribution >= 0.6 is 11.3 Å². The number of aryl methyl sites for hydroxylation is 1. The minimum atomic E-state index is -0.320. The van der Waals surface area contributed by atoms with Crippen molar-refractivity contribution in [1.82, 2.24) is 30.4 Å². The van der Waals surface area contributed by atoms with Gasteiger partial charge in [0.25, 0.3) is 0 Å². The lowest BCUT2D eigenvalue weighted by molar-refractivity contribution is -0.117. The number of carbonyl (C=O) groups is 1. The lowest BCUT2D eigenvalue weighted by Gasteiger charge is -2.24. The zero-order valence-electron chi connectivity index (χ0n) is 19.1. The summed E-state index contributed by atoms with van der Waals surface area (Å²) in [5.41, 5.74) is 5.06. The zero-order chi connectivity index (χ0) is 22.9. The topological polar surface area (TPSA) is 125 Å². The molecule has 3 N–H and O–H groups in total. The van der Waals surface area contributed by atoms with Gasteiger partial charge in [-0.3, -0.25) is 15.2 Å². The number of hydrogen-bond acceptors (Lipinski definition) is 9. The third-order valence-corrected chi connectivity index (χ3v) is 7.82. The maximum Gasteiger partial charge on any atom is 0.249 e. The highest BCUT2D eigenvalue weighted by molar-refractivity contribution is 7.13. The van der Waals surface area contributed by atoms with E-state index in [9.17, 15) is 4.79 Å². The van der Waals surface area contributed by atoms with E-state index in [0.29, 0.717) is 17.0 Å². The first-order valence-corrected chi connectivity index (χ1v) is 13.2. The maximum absolute atomic E-state index is 13.0. The molecule has 2 aliphatic carbocycles. The Morgan fingerprint density at radius 1 is 1.09 bits per heavy atom. The molecular weight excluding hydrogens is 450 g/mol. The number of nitrogens with one attached hydrogen (secondary N) is 3. The van der Waals surface area contributed by atoms with Crippen LogP contribution in [0.4, 0.5) is 22.7 Å². The Labute approximate surface area is 202 Å². The van der Waals surface area contributed by atoms with Crippen molar-refractivity contribution < 1.29 is 4.79 Å². The number of rotatable bonds is 6. The van der Waals surface area contributed by atoms with Crippen LogP contribution in [0.5, 0.6) is 0 Å². The molecule has 3 aromatic rings. The van der Waals surface area contributed by atoms with Crippen LogP contribution in [0.15, 0.2) is 11.6 Å². The van der Waals surface area contributed by atoms with Crippen molar-refractivity contribution in [2.75, 3.05) is 22.1 Å². The Hall–Kier alpha value is -3.08. The third kappa shape index (κ3) is 4.24. The summed E-state index contributed by atoms with van der Waals surface area (Å²) in [6.07, 6.45) is 11.0. The lowest BCUT2D eigenvalue weighted by atomic mass is 9.87. The van der Waals surface area contributed by atoms with Crippen LogP contribution in [-0.2, 0) is 17.6 Å². The van der Waals surface area contributed by atoms with Crippen molar-refractivity contribution in [2.24, 2.45) is 0 Å². The summed E-state index contributed by atoms with van der Waals surface area (Å²) < 4.78 is 0. The van der Waals surface area contributed by atoms with Gasteiger partial charge >= 0.3 is 0 Å². The number of anilines is 4.